The van der Waals surface area contributed by atoms with Gasteiger partial charge in [-0.05, 0) is 16.4 Å². The first kappa shape index (κ1) is 21.7. The fraction of sp³-hybridized carbons (Fsp3) is 0.400. The first-order valence-corrected chi connectivity index (χ1v) is 7.31. The Morgan fingerprint density at radius 1 is 0.682 bits per heavy atom. The molecule has 22 heavy (non-hydrogen) atoms. The predicted octanol–water partition coefficient (Wildman–Crippen LogP) is 2.37. The van der Waals surface area contributed by atoms with Gasteiger partial charge in [-0.2, -0.15) is 0 Å². The molecule has 0 N–H and O–H groups in total. The maximum atomic E-state index is 3.42. The number of halogens is 1. The van der Waals surface area contributed by atoms with Crippen LogP contribution in [0, 0.1) is 6.07 Å². The van der Waals surface area contributed by atoms with Crippen LogP contribution in [-0.2, 0) is 10.8 Å². The molecular weight excluding hydrogens is 344 g/mol. The molecule has 0 aliphatic rings. The van der Waals surface area contributed by atoms with Gasteiger partial charge in [0, 0.05) is 0 Å². The van der Waals surface area contributed by atoms with Crippen LogP contribution in [-0.4, -0.2) is 23.1 Å². The number of hydrogen-bond donors (Lipinski definition) is 0. The van der Waals surface area contributed by atoms with E-state index in [2.05, 4.69) is 90.1 Å². The Hall–Kier alpha value is -0.314. The smallest absolute Gasteiger partial charge is 1.00 e. The summed E-state index contributed by atoms with van der Waals surface area (Å²) in [6, 6.07) is 18.8. The zero-order valence-corrected chi connectivity index (χ0v) is 17.6. The molecule has 0 saturated heterocycles. The van der Waals surface area contributed by atoms with Gasteiger partial charge in [-0.3, -0.25) is 0 Å². The Kier molecular flexibility index (Phi) is 7.87. The van der Waals surface area contributed by atoms with Gasteiger partial charge in [0.2, 0.25) is 0 Å². The summed E-state index contributed by atoms with van der Waals surface area (Å²) in [6.07, 6.45) is 0. The van der Waals surface area contributed by atoms with Crippen molar-refractivity contribution >= 4 is 23.1 Å². The number of benzene rings is 2. The van der Waals surface area contributed by atoms with Crippen LogP contribution >= 0.6 is 0 Å². The quantitative estimate of drug-likeness (QED) is 0.535. The molecule has 0 atom stereocenters. The molecule has 2 heteroatoms. The van der Waals surface area contributed by atoms with Crippen LogP contribution in [0.3, 0.4) is 0 Å². The van der Waals surface area contributed by atoms with Gasteiger partial charge in [-0.15, -0.1) is 35.4 Å². The SMILES string of the molecule is CC(C)(C)c1c[c-]c(-c2ccc(C(C)(C)C)cc2)cc1.[Br-].[Mg+2]. The molecule has 0 heterocycles. The van der Waals surface area contributed by atoms with E-state index >= 15 is 0 Å². The summed E-state index contributed by atoms with van der Waals surface area (Å²) in [5, 5.41) is 0. The van der Waals surface area contributed by atoms with Gasteiger partial charge in [0.1, 0.15) is 0 Å². The predicted molar refractivity (Wildman–Crippen MR) is 93.9 cm³/mol. The normalized spacial score (nSPS) is 11.4. The van der Waals surface area contributed by atoms with E-state index in [0.717, 1.165) is 0 Å². The van der Waals surface area contributed by atoms with Crippen molar-refractivity contribution in [1.29, 1.82) is 0 Å². The Bertz CT molecular complexity index is 514. The average Bonchev–Trinajstić information content (AvgIpc) is 2.37. The number of rotatable bonds is 1. The number of hydrogen-bond acceptors (Lipinski definition) is 0. The Morgan fingerprint density at radius 3 is 1.50 bits per heavy atom. The molecule has 2 rings (SSSR count). The van der Waals surface area contributed by atoms with Crippen molar-refractivity contribution in [3.05, 3.63) is 59.7 Å². The molecule has 114 valence electrons. The zero-order chi connectivity index (χ0) is 15.0. The van der Waals surface area contributed by atoms with Crippen molar-refractivity contribution in [1.82, 2.24) is 0 Å². The van der Waals surface area contributed by atoms with Crippen molar-refractivity contribution in [3.8, 4) is 11.1 Å². The third-order valence-corrected chi connectivity index (χ3v) is 3.74. The molecule has 0 unspecified atom stereocenters. The average molecular weight is 370 g/mol. The van der Waals surface area contributed by atoms with Gasteiger partial charge < -0.3 is 17.0 Å². The van der Waals surface area contributed by atoms with E-state index in [9.17, 15) is 0 Å². The summed E-state index contributed by atoms with van der Waals surface area (Å²) < 4.78 is 0. The summed E-state index contributed by atoms with van der Waals surface area (Å²) in [7, 11) is 0. The molecule has 0 radical (unpaired) electrons. The van der Waals surface area contributed by atoms with E-state index < -0.39 is 0 Å². The van der Waals surface area contributed by atoms with E-state index in [-0.39, 0.29) is 50.9 Å². The summed E-state index contributed by atoms with van der Waals surface area (Å²) in [5.74, 6) is 0. The molecule has 0 bridgehead atoms. The molecule has 2 aromatic carbocycles. The minimum absolute atomic E-state index is 0. The van der Waals surface area contributed by atoms with Crippen LogP contribution in [0.1, 0.15) is 52.7 Å². The van der Waals surface area contributed by atoms with Crippen molar-refractivity contribution in [2.24, 2.45) is 0 Å². The first-order chi connectivity index (χ1) is 9.18. The first-order valence-electron chi connectivity index (χ1n) is 7.31. The second-order valence-electron chi connectivity index (χ2n) is 7.57. The van der Waals surface area contributed by atoms with Crippen LogP contribution in [0.15, 0.2) is 42.5 Å². The Morgan fingerprint density at radius 2 is 1.14 bits per heavy atom. The molecule has 0 nitrogen and oxygen atoms in total. The minimum atomic E-state index is 0. The molecule has 2 aromatic rings. The van der Waals surface area contributed by atoms with Gasteiger partial charge in [0.05, 0.1) is 0 Å². The summed E-state index contributed by atoms with van der Waals surface area (Å²) in [6.45, 7) is 13.4. The summed E-state index contributed by atoms with van der Waals surface area (Å²) in [5.41, 5.74) is 5.49. The molecule has 0 aliphatic carbocycles. The molecule has 0 fully saturated rings. The van der Waals surface area contributed by atoms with Gasteiger partial charge >= 0.3 is 23.1 Å². The Balaban J connectivity index is 0.00000220. The van der Waals surface area contributed by atoms with Crippen molar-refractivity contribution < 1.29 is 17.0 Å². The largest absolute Gasteiger partial charge is 2.00 e. The van der Waals surface area contributed by atoms with E-state index in [1.807, 2.05) is 0 Å². The second-order valence-corrected chi connectivity index (χ2v) is 7.57. The van der Waals surface area contributed by atoms with E-state index in [0.29, 0.717) is 0 Å². The molecule has 0 saturated carbocycles. The van der Waals surface area contributed by atoms with Crippen molar-refractivity contribution in [2.75, 3.05) is 0 Å². The van der Waals surface area contributed by atoms with E-state index in [4.69, 9.17) is 0 Å². The van der Waals surface area contributed by atoms with Crippen LogP contribution in [0.25, 0.3) is 11.1 Å². The summed E-state index contributed by atoms with van der Waals surface area (Å²) >= 11 is 0. The van der Waals surface area contributed by atoms with E-state index in [1.165, 1.54) is 22.3 Å². The van der Waals surface area contributed by atoms with Crippen molar-refractivity contribution in [2.45, 2.75) is 52.4 Å². The van der Waals surface area contributed by atoms with Crippen molar-refractivity contribution in [3.63, 3.8) is 0 Å². The maximum Gasteiger partial charge on any atom is 2.00 e. The zero-order valence-electron chi connectivity index (χ0n) is 14.6. The molecule has 0 amide bonds. The van der Waals surface area contributed by atoms with Crippen LogP contribution < -0.4 is 17.0 Å². The van der Waals surface area contributed by atoms with Gasteiger partial charge in [0.15, 0.2) is 0 Å². The molecular formula is C20H25BrMg. The van der Waals surface area contributed by atoms with Gasteiger partial charge in [-0.25, -0.2) is 0 Å². The minimum Gasteiger partial charge on any atom is -1.00 e. The standard InChI is InChI=1S/C20H25.BrH.Mg/c1-19(2,3)17-11-7-15(8-12-17)16-9-13-18(14-10-16)20(4,5)6;;/h7-9,11-14H,1-6H3;1H;/q-1;;+2/p-1. The third kappa shape index (κ3) is 5.40. The van der Waals surface area contributed by atoms with E-state index in [1.54, 1.807) is 0 Å². The van der Waals surface area contributed by atoms with Gasteiger partial charge in [0.25, 0.3) is 0 Å². The van der Waals surface area contributed by atoms with Crippen LogP contribution in [0.2, 0.25) is 0 Å². The maximum absolute atomic E-state index is 3.42. The topological polar surface area (TPSA) is 0 Å². The fourth-order valence-corrected chi connectivity index (χ4v) is 2.22. The Labute approximate surface area is 162 Å². The molecule has 0 spiro atoms. The monoisotopic (exact) mass is 368 g/mol. The third-order valence-electron chi connectivity index (χ3n) is 3.74. The molecule has 0 aliphatic heterocycles. The van der Waals surface area contributed by atoms with Gasteiger partial charge in [-0.1, -0.05) is 71.4 Å². The van der Waals surface area contributed by atoms with Crippen LogP contribution in [0.4, 0.5) is 0 Å². The summed E-state index contributed by atoms with van der Waals surface area (Å²) in [4.78, 5) is 0. The molecule has 0 aromatic heterocycles. The van der Waals surface area contributed by atoms with Crippen LogP contribution in [0.5, 0.6) is 0 Å². The fourth-order valence-electron chi connectivity index (χ4n) is 2.22. The second kappa shape index (κ2) is 7.98.